The monoisotopic (exact) mass is 456 g/mol. The summed E-state index contributed by atoms with van der Waals surface area (Å²) in [5.74, 6) is -0.678. The molecule has 34 heavy (non-hydrogen) atoms. The van der Waals surface area contributed by atoms with Gasteiger partial charge in [-0.3, -0.25) is 14.6 Å². The van der Waals surface area contributed by atoms with Crippen molar-refractivity contribution in [3.05, 3.63) is 94.7 Å². The number of nitrogens with zero attached hydrogens (tertiary/aromatic N) is 1. The van der Waals surface area contributed by atoms with E-state index >= 15 is 0 Å². The third-order valence-electron chi connectivity index (χ3n) is 6.76. The lowest BCUT2D eigenvalue weighted by molar-refractivity contribution is 0.0889. The van der Waals surface area contributed by atoms with Crippen LogP contribution < -0.4 is 5.32 Å². The minimum absolute atomic E-state index is 0.124. The lowest BCUT2D eigenvalue weighted by atomic mass is 9.81. The Balaban J connectivity index is 1.55. The number of alkyl halides is 1. The Morgan fingerprint density at radius 3 is 2.44 bits per heavy atom. The zero-order valence-electron chi connectivity index (χ0n) is 20.1. The Hall–Kier alpha value is -3.60. The van der Waals surface area contributed by atoms with Gasteiger partial charge in [-0.15, -0.1) is 0 Å². The molecule has 2 aliphatic rings. The minimum atomic E-state index is -1.67. The van der Waals surface area contributed by atoms with Crippen LogP contribution >= 0.6 is 0 Å². The van der Waals surface area contributed by atoms with Crippen molar-refractivity contribution in [2.45, 2.75) is 51.6 Å². The number of carbonyl (C=O) groups excluding carboxylic acids is 2. The predicted molar refractivity (Wildman–Crippen MR) is 136 cm³/mol. The van der Waals surface area contributed by atoms with Crippen molar-refractivity contribution in [1.29, 1.82) is 0 Å². The molecule has 0 bridgehead atoms. The summed E-state index contributed by atoms with van der Waals surface area (Å²) in [6.45, 7) is 9.59. The molecule has 0 amide bonds. The summed E-state index contributed by atoms with van der Waals surface area (Å²) < 4.78 is 13.7. The van der Waals surface area contributed by atoms with E-state index in [0.717, 1.165) is 28.3 Å². The molecule has 1 unspecified atom stereocenters. The van der Waals surface area contributed by atoms with Gasteiger partial charge in [0.25, 0.3) is 0 Å². The van der Waals surface area contributed by atoms with Gasteiger partial charge in [-0.05, 0) is 48.4 Å². The number of aliphatic imine (C=N–C) groups is 1. The number of fused-ring (bicyclic) bond motifs is 2. The van der Waals surface area contributed by atoms with Crippen molar-refractivity contribution in [2.75, 3.05) is 5.32 Å². The normalized spacial score (nSPS) is 19.7. The Labute approximate surface area is 200 Å². The summed E-state index contributed by atoms with van der Waals surface area (Å²) in [7, 11) is 0. The molecule has 5 heteroatoms. The number of nitrogens with one attached hydrogen (secondary N) is 1. The molecule has 0 spiro atoms. The van der Waals surface area contributed by atoms with Crippen LogP contribution in [0.15, 0.2) is 77.5 Å². The van der Waals surface area contributed by atoms with Gasteiger partial charge in [-0.1, -0.05) is 64.1 Å². The van der Waals surface area contributed by atoms with Crippen LogP contribution in [0, 0.1) is 0 Å². The molecule has 2 aliphatic heterocycles. The van der Waals surface area contributed by atoms with Crippen LogP contribution in [0.3, 0.4) is 0 Å². The summed E-state index contributed by atoms with van der Waals surface area (Å²) >= 11 is 0. The zero-order chi connectivity index (χ0) is 24.7. The third-order valence-corrected chi connectivity index (χ3v) is 6.76. The first-order valence-corrected chi connectivity index (χ1v) is 11.4. The molecule has 4 rings (SSSR count). The first-order chi connectivity index (χ1) is 16.1. The standard InChI is InChI=1S/C29H29FN2O2/c1-18(30)27(34)20-16-22-24(15-19(20)17-33)32-26(29(22,4)5)14-8-6-7-13-25-28(2,3)21-11-9-10-12-23(21)31-25/h6-18,32H,1-5H3/b8-6+,13-7+,26-14-. The zero-order valence-corrected chi connectivity index (χ0v) is 20.1. The third kappa shape index (κ3) is 3.96. The highest BCUT2D eigenvalue weighted by Gasteiger charge is 2.36. The molecule has 2 heterocycles. The summed E-state index contributed by atoms with van der Waals surface area (Å²) in [5.41, 5.74) is 5.54. The average Bonchev–Trinajstić information content (AvgIpc) is 3.20. The smallest absolute Gasteiger partial charge is 0.197 e. The van der Waals surface area contributed by atoms with Gasteiger partial charge in [0.15, 0.2) is 18.2 Å². The summed E-state index contributed by atoms with van der Waals surface area (Å²) in [6.07, 6.45) is 8.81. The molecule has 0 fully saturated rings. The quantitative estimate of drug-likeness (QED) is 0.295. The number of aldehydes is 1. The second-order valence-corrected chi connectivity index (χ2v) is 9.80. The second kappa shape index (κ2) is 8.64. The molecular formula is C29H29FN2O2. The van der Waals surface area contributed by atoms with E-state index in [2.05, 4.69) is 25.2 Å². The summed E-state index contributed by atoms with van der Waals surface area (Å²) in [5, 5.41) is 3.35. The molecule has 0 saturated heterocycles. The van der Waals surface area contributed by atoms with Gasteiger partial charge in [-0.25, -0.2) is 4.39 Å². The van der Waals surface area contributed by atoms with Crippen molar-refractivity contribution < 1.29 is 14.0 Å². The molecule has 0 aliphatic carbocycles. The number of hydrogen-bond acceptors (Lipinski definition) is 4. The van der Waals surface area contributed by atoms with Gasteiger partial charge < -0.3 is 5.32 Å². The number of halogens is 1. The van der Waals surface area contributed by atoms with E-state index in [1.807, 2.05) is 62.4 Å². The van der Waals surface area contributed by atoms with Crippen LogP contribution in [0.25, 0.3) is 0 Å². The molecule has 4 nitrogen and oxygen atoms in total. The first kappa shape index (κ1) is 23.6. The van der Waals surface area contributed by atoms with E-state index in [9.17, 15) is 14.0 Å². The van der Waals surface area contributed by atoms with Gasteiger partial charge >= 0.3 is 0 Å². The van der Waals surface area contributed by atoms with Gasteiger partial charge in [0.1, 0.15) is 0 Å². The maximum atomic E-state index is 13.7. The largest absolute Gasteiger partial charge is 0.358 e. The van der Waals surface area contributed by atoms with Gasteiger partial charge in [0.05, 0.1) is 11.4 Å². The van der Waals surface area contributed by atoms with E-state index in [-0.39, 0.29) is 16.5 Å². The number of rotatable bonds is 6. The molecule has 0 saturated carbocycles. The van der Waals surface area contributed by atoms with Crippen molar-refractivity contribution >= 4 is 29.2 Å². The number of allylic oxidation sites excluding steroid dienone is 6. The molecule has 2 aromatic rings. The highest BCUT2D eigenvalue weighted by molar-refractivity contribution is 6.08. The molecular weight excluding hydrogens is 427 g/mol. The SMILES string of the molecule is CC(F)C(=O)c1cc2c(cc1C=O)N\C(=C/C=C/C=C/C1=Nc3ccccc3C1(C)C)C2(C)C. The van der Waals surface area contributed by atoms with E-state index < -0.39 is 17.4 Å². The van der Waals surface area contributed by atoms with Crippen LogP contribution in [0.1, 0.15) is 66.5 Å². The van der Waals surface area contributed by atoms with E-state index in [1.54, 1.807) is 12.1 Å². The van der Waals surface area contributed by atoms with Crippen LogP contribution in [-0.4, -0.2) is 24.0 Å². The fraction of sp³-hybridized carbons (Fsp3) is 0.276. The summed E-state index contributed by atoms with van der Waals surface area (Å²) in [6, 6.07) is 11.5. The highest BCUT2D eigenvalue weighted by atomic mass is 19.1. The van der Waals surface area contributed by atoms with E-state index in [0.29, 0.717) is 6.29 Å². The lowest BCUT2D eigenvalue weighted by Crippen LogP contribution is -2.23. The topological polar surface area (TPSA) is 58.5 Å². The Kier molecular flexibility index (Phi) is 5.98. The number of carbonyl (C=O) groups is 2. The molecule has 1 atom stereocenters. The molecule has 0 radical (unpaired) electrons. The van der Waals surface area contributed by atoms with E-state index in [1.165, 1.54) is 12.5 Å². The van der Waals surface area contributed by atoms with Gasteiger partial charge in [0, 0.05) is 33.3 Å². The Morgan fingerprint density at radius 2 is 1.76 bits per heavy atom. The average molecular weight is 457 g/mol. The minimum Gasteiger partial charge on any atom is -0.358 e. The first-order valence-electron chi connectivity index (χ1n) is 11.4. The van der Waals surface area contributed by atoms with Crippen molar-refractivity contribution in [3.8, 4) is 0 Å². The van der Waals surface area contributed by atoms with Gasteiger partial charge in [0.2, 0.25) is 0 Å². The van der Waals surface area contributed by atoms with Crippen LogP contribution in [0.2, 0.25) is 0 Å². The van der Waals surface area contributed by atoms with Crippen molar-refractivity contribution in [1.82, 2.24) is 0 Å². The maximum absolute atomic E-state index is 13.7. The van der Waals surface area contributed by atoms with Crippen molar-refractivity contribution in [2.24, 2.45) is 4.99 Å². The fourth-order valence-electron chi connectivity index (χ4n) is 4.57. The number of benzene rings is 2. The van der Waals surface area contributed by atoms with Crippen LogP contribution in [0.4, 0.5) is 15.8 Å². The fourth-order valence-corrected chi connectivity index (χ4v) is 4.57. The Bertz CT molecular complexity index is 1290. The molecule has 0 aromatic heterocycles. The number of hydrogen-bond donors (Lipinski definition) is 1. The molecule has 2 aromatic carbocycles. The van der Waals surface area contributed by atoms with Crippen LogP contribution in [0.5, 0.6) is 0 Å². The number of anilines is 1. The number of ketones is 1. The van der Waals surface area contributed by atoms with Gasteiger partial charge in [-0.2, -0.15) is 0 Å². The van der Waals surface area contributed by atoms with Crippen LogP contribution in [-0.2, 0) is 10.8 Å². The predicted octanol–water partition coefficient (Wildman–Crippen LogP) is 6.80. The highest BCUT2D eigenvalue weighted by Crippen LogP contribution is 2.44. The summed E-state index contributed by atoms with van der Waals surface area (Å²) in [4.78, 5) is 28.6. The Morgan fingerprint density at radius 1 is 1.03 bits per heavy atom. The lowest BCUT2D eigenvalue weighted by Gasteiger charge is -2.21. The van der Waals surface area contributed by atoms with Crippen molar-refractivity contribution in [3.63, 3.8) is 0 Å². The molecule has 1 N–H and O–H groups in total. The maximum Gasteiger partial charge on any atom is 0.197 e. The number of para-hydroxylation sites is 1. The second-order valence-electron chi connectivity index (χ2n) is 9.80. The van der Waals surface area contributed by atoms with E-state index in [4.69, 9.17) is 4.99 Å². The number of Topliss-reactive ketones (excluding diaryl/α,β-unsaturated/α-hetero) is 1. The molecule has 174 valence electrons.